The molecule has 19 heavy (non-hydrogen) atoms. The summed E-state index contributed by atoms with van der Waals surface area (Å²) < 4.78 is 0. The van der Waals surface area contributed by atoms with Crippen LogP contribution >= 0.6 is 0 Å². The predicted octanol–water partition coefficient (Wildman–Crippen LogP) is 3.02. The Morgan fingerprint density at radius 1 is 1.32 bits per heavy atom. The molecule has 0 unspecified atom stereocenters. The molecule has 0 spiro atoms. The maximum atomic E-state index is 12.0. The van der Waals surface area contributed by atoms with Gasteiger partial charge in [0, 0.05) is 18.4 Å². The second-order valence-electron chi connectivity index (χ2n) is 5.04. The van der Waals surface area contributed by atoms with Crippen molar-refractivity contribution in [1.29, 1.82) is 0 Å². The first kappa shape index (κ1) is 12.0. The summed E-state index contributed by atoms with van der Waals surface area (Å²) in [6.07, 6.45) is 9.36. The number of rotatable bonds is 2. The minimum Gasteiger partial charge on any atom is -0.358 e. The highest BCUT2D eigenvalue weighted by Crippen LogP contribution is 2.21. The van der Waals surface area contributed by atoms with Gasteiger partial charge in [0.05, 0.1) is 11.2 Å². The molecule has 1 aliphatic rings. The number of anilines is 1. The Hall–Kier alpha value is -2.04. The molecule has 0 aromatic carbocycles. The van der Waals surface area contributed by atoms with Gasteiger partial charge in [0.15, 0.2) is 0 Å². The van der Waals surface area contributed by atoms with E-state index in [9.17, 15) is 4.79 Å². The van der Waals surface area contributed by atoms with Crippen LogP contribution in [0.3, 0.4) is 0 Å². The monoisotopic (exact) mass is 258 g/mol. The molecular formula is C14H18N4O. The number of hydrogen-bond acceptors (Lipinski definition) is 2. The van der Waals surface area contributed by atoms with Gasteiger partial charge in [0.25, 0.3) is 0 Å². The third-order valence-corrected chi connectivity index (χ3v) is 3.62. The van der Waals surface area contributed by atoms with Crippen LogP contribution in [0.2, 0.25) is 0 Å². The van der Waals surface area contributed by atoms with Crippen LogP contribution in [0.1, 0.15) is 32.1 Å². The van der Waals surface area contributed by atoms with Crippen molar-refractivity contribution < 1.29 is 4.79 Å². The first-order valence-corrected chi connectivity index (χ1v) is 6.82. The third kappa shape index (κ3) is 2.70. The zero-order valence-electron chi connectivity index (χ0n) is 10.8. The van der Waals surface area contributed by atoms with Crippen molar-refractivity contribution in [3.05, 3.63) is 24.5 Å². The standard InChI is InChI=1S/C14H18N4O/c19-14(17-10-5-2-1-3-6-10)18-12-9-16-11-7-4-8-15-13(11)12/h4,7-10,16H,1-3,5-6H2,(H2,17,18,19). The zero-order chi connectivity index (χ0) is 13.1. The van der Waals surface area contributed by atoms with Crippen LogP contribution < -0.4 is 10.6 Å². The minimum absolute atomic E-state index is 0.140. The molecule has 0 bridgehead atoms. The SMILES string of the molecule is O=C(Nc1c[nH]c2cccnc12)NC1CCCCC1. The van der Waals surface area contributed by atoms with Crippen molar-refractivity contribution in [2.75, 3.05) is 5.32 Å². The predicted molar refractivity (Wildman–Crippen MR) is 75.1 cm³/mol. The number of H-pyrrole nitrogens is 1. The Bertz CT molecular complexity index is 572. The number of pyridine rings is 1. The van der Waals surface area contributed by atoms with E-state index < -0.39 is 0 Å². The fourth-order valence-electron chi connectivity index (χ4n) is 2.64. The number of urea groups is 1. The highest BCUT2D eigenvalue weighted by Gasteiger charge is 2.16. The van der Waals surface area contributed by atoms with Crippen molar-refractivity contribution in [3.8, 4) is 0 Å². The lowest BCUT2D eigenvalue weighted by molar-refractivity contribution is 0.244. The number of fused-ring (bicyclic) bond motifs is 1. The lowest BCUT2D eigenvalue weighted by Crippen LogP contribution is -2.38. The highest BCUT2D eigenvalue weighted by atomic mass is 16.2. The Morgan fingerprint density at radius 3 is 3.00 bits per heavy atom. The molecule has 1 aliphatic carbocycles. The fraction of sp³-hybridized carbons (Fsp3) is 0.429. The van der Waals surface area contributed by atoms with Crippen LogP contribution in [-0.2, 0) is 0 Å². The second kappa shape index (κ2) is 5.30. The van der Waals surface area contributed by atoms with Crippen LogP contribution in [0.15, 0.2) is 24.5 Å². The molecule has 2 amide bonds. The van der Waals surface area contributed by atoms with E-state index in [2.05, 4.69) is 20.6 Å². The van der Waals surface area contributed by atoms with Crippen LogP contribution in [0.4, 0.5) is 10.5 Å². The average Bonchev–Trinajstić information content (AvgIpc) is 2.83. The maximum absolute atomic E-state index is 12.0. The third-order valence-electron chi connectivity index (χ3n) is 3.62. The molecule has 100 valence electrons. The maximum Gasteiger partial charge on any atom is 0.319 e. The van der Waals surface area contributed by atoms with Crippen molar-refractivity contribution in [2.24, 2.45) is 0 Å². The average molecular weight is 258 g/mol. The van der Waals surface area contributed by atoms with Crippen LogP contribution in [0.25, 0.3) is 11.0 Å². The summed E-state index contributed by atoms with van der Waals surface area (Å²) in [6, 6.07) is 3.97. The first-order chi connectivity index (χ1) is 9.33. The Kier molecular flexibility index (Phi) is 3.35. The molecule has 1 saturated carbocycles. The molecule has 2 aromatic rings. The van der Waals surface area contributed by atoms with Gasteiger partial charge in [-0.2, -0.15) is 0 Å². The molecule has 2 aromatic heterocycles. The van der Waals surface area contributed by atoms with Crippen molar-refractivity contribution in [1.82, 2.24) is 15.3 Å². The van der Waals surface area contributed by atoms with Gasteiger partial charge in [0.1, 0.15) is 5.52 Å². The fourth-order valence-corrected chi connectivity index (χ4v) is 2.64. The minimum atomic E-state index is -0.140. The molecule has 2 heterocycles. The summed E-state index contributed by atoms with van der Waals surface area (Å²) in [5, 5.41) is 5.90. The van der Waals surface area contributed by atoms with Crippen LogP contribution in [0.5, 0.6) is 0 Å². The number of nitrogens with one attached hydrogen (secondary N) is 3. The number of carbonyl (C=O) groups excluding carboxylic acids is 1. The molecule has 5 heteroatoms. The summed E-state index contributed by atoms with van der Waals surface area (Å²) in [6.45, 7) is 0. The first-order valence-electron chi connectivity index (χ1n) is 6.82. The smallest absolute Gasteiger partial charge is 0.319 e. The molecule has 0 atom stereocenters. The number of aromatic amines is 1. The molecule has 3 rings (SSSR count). The van der Waals surface area contributed by atoms with Gasteiger partial charge >= 0.3 is 6.03 Å². The largest absolute Gasteiger partial charge is 0.358 e. The molecule has 0 radical (unpaired) electrons. The molecule has 1 fully saturated rings. The normalized spacial score (nSPS) is 16.4. The number of hydrogen-bond donors (Lipinski definition) is 3. The van der Waals surface area contributed by atoms with E-state index in [-0.39, 0.29) is 6.03 Å². The van der Waals surface area contributed by atoms with Gasteiger partial charge in [-0.05, 0) is 25.0 Å². The van der Waals surface area contributed by atoms with Gasteiger partial charge in [0.2, 0.25) is 0 Å². The summed E-state index contributed by atoms with van der Waals surface area (Å²) in [4.78, 5) is 19.3. The number of carbonyl (C=O) groups is 1. The second-order valence-corrected chi connectivity index (χ2v) is 5.04. The summed E-state index contributed by atoms with van der Waals surface area (Å²) in [5.41, 5.74) is 2.45. The molecule has 3 N–H and O–H groups in total. The van der Waals surface area contributed by atoms with Gasteiger partial charge in [-0.15, -0.1) is 0 Å². The van der Waals surface area contributed by atoms with E-state index >= 15 is 0 Å². The molecular weight excluding hydrogens is 240 g/mol. The van der Waals surface area contributed by atoms with Crippen LogP contribution in [0, 0.1) is 0 Å². The van der Waals surface area contributed by atoms with E-state index in [0.717, 1.165) is 29.6 Å². The van der Waals surface area contributed by atoms with Gasteiger partial charge < -0.3 is 15.6 Å². The van der Waals surface area contributed by atoms with Gasteiger partial charge in [-0.1, -0.05) is 19.3 Å². The number of nitrogens with zero attached hydrogens (tertiary/aromatic N) is 1. The molecule has 5 nitrogen and oxygen atoms in total. The van der Waals surface area contributed by atoms with Crippen molar-refractivity contribution in [2.45, 2.75) is 38.1 Å². The number of aromatic nitrogens is 2. The Morgan fingerprint density at radius 2 is 2.16 bits per heavy atom. The summed E-state index contributed by atoms with van der Waals surface area (Å²) in [5.74, 6) is 0. The number of amides is 2. The van der Waals surface area contributed by atoms with Gasteiger partial charge in [-0.25, -0.2) is 4.79 Å². The van der Waals surface area contributed by atoms with Crippen molar-refractivity contribution >= 4 is 22.8 Å². The Balaban J connectivity index is 1.65. The van der Waals surface area contributed by atoms with E-state index in [4.69, 9.17) is 0 Å². The van der Waals surface area contributed by atoms with Gasteiger partial charge in [-0.3, -0.25) is 4.98 Å². The van der Waals surface area contributed by atoms with E-state index in [1.807, 2.05) is 12.1 Å². The van der Waals surface area contributed by atoms with Crippen LogP contribution in [-0.4, -0.2) is 22.0 Å². The quantitative estimate of drug-likeness (QED) is 0.775. The topological polar surface area (TPSA) is 69.8 Å². The highest BCUT2D eigenvalue weighted by molar-refractivity contribution is 5.99. The van der Waals surface area contributed by atoms with E-state index in [1.165, 1.54) is 19.3 Å². The van der Waals surface area contributed by atoms with E-state index in [0.29, 0.717) is 6.04 Å². The zero-order valence-corrected chi connectivity index (χ0v) is 10.8. The summed E-state index contributed by atoms with van der Waals surface area (Å²) in [7, 11) is 0. The molecule has 0 saturated heterocycles. The summed E-state index contributed by atoms with van der Waals surface area (Å²) >= 11 is 0. The van der Waals surface area contributed by atoms with E-state index in [1.54, 1.807) is 12.4 Å². The lowest BCUT2D eigenvalue weighted by atomic mass is 9.96. The lowest BCUT2D eigenvalue weighted by Gasteiger charge is -2.22. The molecule has 0 aliphatic heterocycles. The Labute approximate surface area is 111 Å². The van der Waals surface area contributed by atoms with Crippen molar-refractivity contribution in [3.63, 3.8) is 0 Å².